The number of aromatic nitrogens is 3. The third-order valence-electron chi connectivity index (χ3n) is 4.72. The van der Waals surface area contributed by atoms with Gasteiger partial charge in [0.25, 0.3) is 0 Å². The highest BCUT2D eigenvalue weighted by molar-refractivity contribution is 7.98. The first-order valence-electron chi connectivity index (χ1n) is 9.12. The number of carbonyl (C=O) groups is 1. The van der Waals surface area contributed by atoms with E-state index in [1.54, 1.807) is 23.7 Å². The number of hydrogen-bond donors (Lipinski definition) is 1. The zero-order chi connectivity index (χ0) is 21.3. The van der Waals surface area contributed by atoms with Crippen LogP contribution < -0.4 is 5.32 Å². The van der Waals surface area contributed by atoms with Crippen molar-refractivity contribution in [3.8, 4) is 0 Å². The summed E-state index contributed by atoms with van der Waals surface area (Å²) in [5.74, 6) is 0.143. The van der Waals surface area contributed by atoms with E-state index < -0.39 is 17.8 Å². The summed E-state index contributed by atoms with van der Waals surface area (Å²) in [4.78, 5) is 17.1. The van der Waals surface area contributed by atoms with E-state index in [9.17, 15) is 9.18 Å². The largest absolute Gasteiger partial charge is 0.466 e. The van der Waals surface area contributed by atoms with Crippen molar-refractivity contribution in [2.24, 2.45) is 0 Å². The van der Waals surface area contributed by atoms with E-state index in [2.05, 4.69) is 15.4 Å². The number of halogens is 2. The van der Waals surface area contributed by atoms with Gasteiger partial charge >= 0.3 is 5.97 Å². The number of rotatable bonds is 5. The second-order valence-corrected chi connectivity index (χ2v) is 8.01. The number of nitrogens with zero attached hydrogens (tertiary/aromatic N) is 3. The minimum Gasteiger partial charge on any atom is -0.466 e. The van der Waals surface area contributed by atoms with Gasteiger partial charge in [0, 0.05) is 16.5 Å². The summed E-state index contributed by atoms with van der Waals surface area (Å²) in [6, 6.07) is 13.0. The Labute approximate surface area is 182 Å². The van der Waals surface area contributed by atoms with E-state index in [1.807, 2.05) is 24.3 Å². The molecule has 0 radical (unpaired) electrons. The van der Waals surface area contributed by atoms with E-state index in [0.717, 1.165) is 5.56 Å². The van der Waals surface area contributed by atoms with Crippen LogP contribution in [0.15, 0.2) is 65.0 Å². The van der Waals surface area contributed by atoms with Crippen LogP contribution >= 0.6 is 23.4 Å². The molecule has 154 valence electrons. The van der Waals surface area contributed by atoms with Gasteiger partial charge in [0.05, 0.1) is 12.7 Å². The minimum atomic E-state index is -0.661. The lowest BCUT2D eigenvalue weighted by Crippen LogP contribution is -2.29. The fourth-order valence-corrected chi connectivity index (χ4v) is 4.42. The molecule has 1 atom stereocenters. The van der Waals surface area contributed by atoms with Crippen LogP contribution in [-0.4, -0.2) is 27.8 Å². The van der Waals surface area contributed by atoms with Crippen LogP contribution in [0, 0.1) is 5.82 Å². The molecule has 0 bridgehead atoms. The Morgan fingerprint density at radius 3 is 2.83 bits per heavy atom. The van der Waals surface area contributed by atoms with Crippen molar-refractivity contribution in [1.29, 1.82) is 0 Å². The molecule has 6 nitrogen and oxygen atoms in total. The number of fused-ring (bicyclic) bond motifs is 1. The van der Waals surface area contributed by atoms with Gasteiger partial charge in [0.15, 0.2) is 0 Å². The van der Waals surface area contributed by atoms with E-state index in [-0.39, 0.29) is 0 Å². The van der Waals surface area contributed by atoms with Gasteiger partial charge in [0.2, 0.25) is 11.1 Å². The first-order valence-corrected chi connectivity index (χ1v) is 10.5. The van der Waals surface area contributed by atoms with Crippen LogP contribution in [0.4, 0.5) is 10.3 Å². The standard InChI is InChI=1S/C21H18ClFN4O2S/c1-12-17(19(28)29-2)18(13-7-5-8-15(23)10-13)27-20(24-12)25-21(26-27)30-11-14-6-3-4-9-16(14)22/h3-10,18H,11H2,1-2H3,(H,24,25,26). The predicted octanol–water partition coefficient (Wildman–Crippen LogP) is 4.82. The van der Waals surface area contributed by atoms with Crippen LogP contribution in [0.5, 0.6) is 0 Å². The highest BCUT2D eigenvalue weighted by atomic mass is 35.5. The van der Waals surface area contributed by atoms with Crippen molar-refractivity contribution in [1.82, 2.24) is 14.8 Å². The Morgan fingerprint density at radius 1 is 1.30 bits per heavy atom. The Hall–Kier alpha value is -2.84. The molecule has 0 amide bonds. The molecule has 0 fully saturated rings. The van der Waals surface area contributed by atoms with E-state index in [1.165, 1.54) is 31.0 Å². The van der Waals surface area contributed by atoms with Crippen molar-refractivity contribution >= 4 is 35.3 Å². The average Bonchev–Trinajstić information content (AvgIpc) is 3.14. The van der Waals surface area contributed by atoms with Gasteiger partial charge in [-0.15, -0.1) is 5.10 Å². The fourth-order valence-electron chi connectivity index (χ4n) is 3.31. The number of methoxy groups -OCH3 is 1. The first kappa shape index (κ1) is 20.4. The van der Waals surface area contributed by atoms with Gasteiger partial charge in [-0.3, -0.25) is 0 Å². The lowest BCUT2D eigenvalue weighted by Gasteiger charge is -2.27. The summed E-state index contributed by atoms with van der Waals surface area (Å²) in [7, 11) is 1.31. The molecule has 1 aliphatic rings. The average molecular weight is 445 g/mol. The molecular weight excluding hydrogens is 427 g/mol. The fraction of sp³-hybridized carbons (Fsp3) is 0.190. The van der Waals surface area contributed by atoms with Crippen molar-refractivity contribution in [2.45, 2.75) is 23.9 Å². The van der Waals surface area contributed by atoms with Crippen LogP contribution in [0.3, 0.4) is 0 Å². The molecule has 1 aromatic heterocycles. The van der Waals surface area contributed by atoms with Crippen molar-refractivity contribution in [3.63, 3.8) is 0 Å². The van der Waals surface area contributed by atoms with Crippen molar-refractivity contribution in [2.75, 3.05) is 12.4 Å². The van der Waals surface area contributed by atoms with Crippen LogP contribution in [-0.2, 0) is 15.3 Å². The Morgan fingerprint density at radius 2 is 2.10 bits per heavy atom. The molecule has 9 heteroatoms. The van der Waals surface area contributed by atoms with Crippen LogP contribution in [0.1, 0.15) is 24.1 Å². The number of allylic oxidation sites excluding steroid dienone is 1. The molecule has 4 rings (SSSR count). The summed E-state index contributed by atoms with van der Waals surface area (Å²) in [6.45, 7) is 1.76. The Kier molecular flexibility index (Phi) is 5.78. The lowest BCUT2D eigenvalue weighted by atomic mass is 9.96. The van der Waals surface area contributed by atoms with Gasteiger partial charge in [-0.25, -0.2) is 13.9 Å². The number of benzene rings is 2. The molecule has 2 heterocycles. The quantitative estimate of drug-likeness (QED) is 0.449. The van der Waals surface area contributed by atoms with E-state index in [4.69, 9.17) is 16.3 Å². The maximum atomic E-state index is 13.9. The molecule has 0 saturated carbocycles. The monoisotopic (exact) mass is 444 g/mol. The van der Waals surface area contributed by atoms with Gasteiger partial charge in [-0.1, -0.05) is 53.7 Å². The number of carbonyl (C=O) groups excluding carboxylic acids is 1. The molecule has 1 aliphatic heterocycles. The van der Waals surface area contributed by atoms with Gasteiger partial charge in [-0.2, -0.15) is 4.98 Å². The molecule has 2 aromatic carbocycles. The highest BCUT2D eigenvalue weighted by Crippen LogP contribution is 2.37. The third kappa shape index (κ3) is 3.93. The van der Waals surface area contributed by atoms with E-state index in [0.29, 0.717) is 38.7 Å². The number of esters is 1. The number of nitrogens with one attached hydrogen (secondary N) is 1. The molecule has 1 N–H and O–H groups in total. The van der Waals surface area contributed by atoms with Crippen molar-refractivity contribution in [3.05, 3.63) is 81.8 Å². The predicted molar refractivity (Wildman–Crippen MR) is 114 cm³/mol. The summed E-state index contributed by atoms with van der Waals surface area (Å²) < 4.78 is 20.5. The van der Waals surface area contributed by atoms with Crippen molar-refractivity contribution < 1.29 is 13.9 Å². The zero-order valence-electron chi connectivity index (χ0n) is 16.2. The Balaban J connectivity index is 1.71. The minimum absolute atomic E-state index is 0.350. The van der Waals surface area contributed by atoms with Crippen LogP contribution in [0.25, 0.3) is 0 Å². The third-order valence-corrected chi connectivity index (χ3v) is 5.97. The van der Waals surface area contributed by atoms with E-state index >= 15 is 0 Å². The normalized spacial score (nSPS) is 15.5. The molecule has 0 saturated heterocycles. The molecule has 1 unspecified atom stereocenters. The Bertz CT molecular complexity index is 1150. The number of hydrogen-bond acceptors (Lipinski definition) is 6. The van der Waals surface area contributed by atoms with Gasteiger partial charge < -0.3 is 10.1 Å². The molecule has 0 spiro atoms. The second-order valence-electron chi connectivity index (χ2n) is 6.66. The maximum absolute atomic E-state index is 13.9. The second kappa shape index (κ2) is 8.49. The SMILES string of the molecule is COC(=O)C1=C(C)Nc2nc(SCc3ccccc3Cl)nn2C1c1cccc(F)c1. The van der Waals surface area contributed by atoms with Gasteiger partial charge in [-0.05, 0) is 36.2 Å². The van der Waals surface area contributed by atoms with Crippen LogP contribution in [0.2, 0.25) is 5.02 Å². The molecule has 0 aliphatic carbocycles. The zero-order valence-corrected chi connectivity index (χ0v) is 17.8. The number of anilines is 1. The summed E-state index contributed by atoms with van der Waals surface area (Å²) in [6.07, 6.45) is 0. The maximum Gasteiger partial charge on any atom is 0.338 e. The first-order chi connectivity index (χ1) is 14.5. The topological polar surface area (TPSA) is 69.0 Å². The van der Waals surface area contributed by atoms with Gasteiger partial charge in [0.1, 0.15) is 11.9 Å². The summed E-state index contributed by atoms with van der Waals surface area (Å²) in [5, 5.41) is 8.88. The summed E-state index contributed by atoms with van der Waals surface area (Å²) >= 11 is 7.66. The molecule has 30 heavy (non-hydrogen) atoms. The summed E-state index contributed by atoms with van der Waals surface area (Å²) in [5.41, 5.74) is 2.48. The molecule has 3 aromatic rings. The highest BCUT2D eigenvalue weighted by Gasteiger charge is 2.35. The number of thioether (sulfide) groups is 1. The number of ether oxygens (including phenoxy) is 1. The molecular formula is C21H18ClFN4O2S. The smallest absolute Gasteiger partial charge is 0.338 e. The lowest BCUT2D eigenvalue weighted by molar-refractivity contribution is -0.136.